The molecule has 1 unspecified atom stereocenters. The fourth-order valence-corrected chi connectivity index (χ4v) is 1.71. The van der Waals surface area contributed by atoms with E-state index in [1.54, 1.807) is 13.2 Å². The number of carbonyl (C=O) groups is 1. The molecule has 0 fully saturated rings. The molecule has 1 atom stereocenters. The molecule has 2 aromatic rings. The van der Waals surface area contributed by atoms with Crippen LogP contribution in [0.2, 0.25) is 0 Å². The number of anilines is 1. The number of aromatic nitrogens is 4. The smallest absolute Gasteiger partial charge is 0.255 e. The second-order valence-corrected chi connectivity index (χ2v) is 4.19. The third kappa shape index (κ3) is 2.87. The van der Waals surface area contributed by atoms with Gasteiger partial charge in [0.05, 0.1) is 17.3 Å². The van der Waals surface area contributed by atoms with Crippen molar-refractivity contribution in [3.63, 3.8) is 0 Å². The highest BCUT2D eigenvalue weighted by Crippen LogP contribution is 2.16. The zero-order chi connectivity index (χ0) is 13.8. The minimum atomic E-state index is -0.249. The molecule has 19 heavy (non-hydrogen) atoms. The van der Waals surface area contributed by atoms with Gasteiger partial charge in [-0.15, -0.1) is 0 Å². The molecule has 0 aliphatic heterocycles. The quantitative estimate of drug-likeness (QED) is 0.763. The van der Waals surface area contributed by atoms with Crippen LogP contribution in [0.1, 0.15) is 34.8 Å². The molecular weight excluding hydrogens is 244 g/mol. The van der Waals surface area contributed by atoms with Gasteiger partial charge in [-0.25, -0.2) is 4.98 Å². The van der Waals surface area contributed by atoms with E-state index >= 15 is 0 Å². The fraction of sp³-hybridized carbons (Fsp3) is 0.333. The van der Waals surface area contributed by atoms with Gasteiger partial charge in [0.25, 0.3) is 5.91 Å². The third-order valence-electron chi connectivity index (χ3n) is 2.75. The highest BCUT2D eigenvalue weighted by Gasteiger charge is 2.16. The zero-order valence-corrected chi connectivity index (χ0v) is 11.1. The molecule has 0 aliphatic carbocycles. The summed E-state index contributed by atoms with van der Waals surface area (Å²) in [6.45, 7) is 3.71. The number of aryl methyl sites for hydroxylation is 1. The van der Waals surface area contributed by atoms with Crippen LogP contribution in [0.3, 0.4) is 0 Å². The van der Waals surface area contributed by atoms with Crippen molar-refractivity contribution in [2.24, 2.45) is 0 Å². The Morgan fingerprint density at radius 3 is 2.84 bits per heavy atom. The zero-order valence-electron chi connectivity index (χ0n) is 11.1. The highest BCUT2D eigenvalue weighted by atomic mass is 16.1. The van der Waals surface area contributed by atoms with Gasteiger partial charge in [-0.2, -0.15) is 5.10 Å². The van der Waals surface area contributed by atoms with Crippen molar-refractivity contribution in [2.45, 2.75) is 19.9 Å². The van der Waals surface area contributed by atoms with Crippen LogP contribution in [0.5, 0.6) is 0 Å². The van der Waals surface area contributed by atoms with Gasteiger partial charge in [-0.3, -0.25) is 14.9 Å². The first-order chi connectivity index (χ1) is 9.11. The summed E-state index contributed by atoms with van der Waals surface area (Å²) in [6.07, 6.45) is 2.97. The first-order valence-electron chi connectivity index (χ1n) is 5.92. The molecule has 0 saturated carbocycles. The Balaban J connectivity index is 2.16. The predicted molar refractivity (Wildman–Crippen MR) is 70.8 cm³/mol. The van der Waals surface area contributed by atoms with E-state index in [1.165, 1.54) is 6.33 Å². The van der Waals surface area contributed by atoms with E-state index in [2.05, 4.69) is 30.8 Å². The van der Waals surface area contributed by atoms with Crippen molar-refractivity contribution in [2.75, 3.05) is 12.4 Å². The minimum absolute atomic E-state index is 0.208. The van der Waals surface area contributed by atoms with Gasteiger partial charge in [-0.1, -0.05) is 0 Å². The Morgan fingerprint density at radius 2 is 2.21 bits per heavy atom. The average molecular weight is 260 g/mol. The topological polar surface area (TPSA) is 95.6 Å². The summed E-state index contributed by atoms with van der Waals surface area (Å²) in [7, 11) is 1.77. The van der Waals surface area contributed by atoms with Gasteiger partial charge >= 0.3 is 0 Å². The van der Waals surface area contributed by atoms with Gasteiger partial charge < -0.3 is 10.6 Å². The standard InChI is InChI=1S/C12H16N6O/c1-7-4-10(13-3)9(5-14-7)12(19)17-8(2)11-15-6-16-18-11/h4-6,8H,1-3H3,(H,13,14)(H,17,19)(H,15,16,18). The number of amides is 1. The normalized spacial score (nSPS) is 11.9. The maximum atomic E-state index is 12.2. The van der Waals surface area contributed by atoms with Crippen LogP contribution >= 0.6 is 0 Å². The Labute approximate surface area is 110 Å². The number of pyridine rings is 1. The number of nitrogens with one attached hydrogen (secondary N) is 3. The third-order valence-corrected chi connectivity index (χ3v) is 2.75. The first kappa shape index (κ1) is 13.0. The predicted octanol–water partition coefficient (Wildman–Crippen LogP) is 1.04. The van der Waals surface area contributed by atoms with E-state index < -0.39 is 0 Å². The molecule has 0 saturated heterocycles. The Morgan fingerprint density at radius 1 is 1.42 bits per heavy atom. The van der Waals surface area contributed by atoms with Gasteiger partial charge in [-0.05, 0) is 19.9 Å². The number of carbonyl (C=O) groups excluding carboxylic acids is 1. The second kappa shape index (κ2) is 5.47. The van der Waals surface area contributed by atoms with Crippen LogP contribution in [0.15, 0.2) is 18.6 Å². The molecule has 100 valence electrons. The summed E-state index contributed by atoms with van der Waals surface area (Å²) in [5.41, 5.74) is 2.10. The summed E-state index contributed by atoms with van der Waals surface area (Å²) in [4.78, 5) is 20.3. The average Bonchev–Trinajstić information content (AvgIpc) is 2.92. The summed E-state index contributed by atoms with van der Waals surface area (Å²) in [6, 6.07) is 1.58. The van der Waals surface area contributed by atoms with Crippen molar-refractivity contribution in [1.82, 2.24) is 25.5 Å². The monoisotopic (exact) mass is 260 g/mol. The van der Waals surface area contributed by atoms with Crippen molar-refractivity contribution < 1.29 is 4.79 Å². The Bertz CT molecular complexity index is 566. The largest absolute Gasteiger partial charge is 0.387 e. The molecule has 7 nitrogen and oxygen atoms in total. The fourth-order valence-electron chi connectivity index (χ4n) is 1.71. The van der Waals surface area contributed by atoms with Crippen molar-refractivity contribution in [1.29, 1.82) is 0 Å². The van der Waals surface area contributed by atoms with Gasteiger partial charge in [0, 0.05) is 18.9 Å². The van der Waals surface area contributed by atoms with Crippen molar-refractivity contribution in [3.8, 4) is 0 Å². The van der Waals surface area contributed by atoms with E-state index in [1.807, 2.05) is 19.9 Å². The molecule has 0 aliphatic rings. The van der Waals surface area contributed by atoms with Crippen LogP contribution in [0.4, 0.5) is 5.69 Å². The van der Waals surface area contributed by atoms with Crippen LogP contribution in [0.25, 0.3) is 0 Å². The molecule has 2 heterocycles. The Hall–Kier alpha value is -2.44. The maximum Gasteiger partial charge on any atom is 0.255 e. The van der Waals surface area contributed by atoms with Gasteiger partial charge in [0.2, 0.25) is 0 Å². The van der Waals surface area contributed by atoms with E-state index in [4.69, 9.17) is 0 Å². The molecule has 2 aromatic heterocycles. The molecule has 0 spiro atoms. The second-order valence-electron chi connectivity index (χ2n) is 4.19. The Kier molecular flexibility index (Phi) is 3.74. The van der Waals surface area contributed by atoms with Crippen LogP contribution in [0, 0.1) is 6.92 Å². The number of rotatable bonds is 4. The molecule has 7 heteroatoms. The lowest BCUT2D eigenvalue weighted by Crippen LogP contribution is -2.28. The number of hydrogen-bond donors (Lipinski definition) is 3. The van der Waals surface area contributed by atoms with Crippen molar-refractivity contribution in [3.05, 3.63) is 35.7 Å². The lowest BCUT2D eigenvalue weighted by Gasteiger charge is -2.13. The number of H-pyrrole nitrogens is 1. The van der Waals surface area contributed by atoms with E-state index in [9.17, 15) is 4.79 Å². The lowest BCUT2D eigenvalue weighted by atomic mass is 10.2. The molecule has 0 aromatic carbocycles. The van der Waals surface area contributed by atoms with Gasteiger partial charge in [0.1, 0.15) is 12.2 Å². The van der Waals surface area contributed by atoms with E-state index in [-0.39, 0.29) is 11.9 Å². The van der Waals surface area contributed by atoms with E-state index in [0.29, 0.717) is 11.4 Å². The highest BCUT2D eigenvalue weighted by molar-refractivity contribution is 5.99. The molecular formula is C12H16N6O. The van der Waals surface area contributed by atoms with Crippen LogP contribution in [-0.2, 0) is 0 Å². The number of hydrogen-bond acceptors (Lipinski definition) is 5. The molecule has 1 amide bonds. The van der Waals surface area contributed by atoms with Crippen LogP contribution < -0.4 is 10.6 Å². The summed E-state index contributed by atoms with van der Waals surface area (Å²) >= 11 is 0. The van der Waals surface area contributed by atoms with E-state index in [0.717, 1.165) is 11.4 Å². The first-order valence-corrected chi connectivity index (χ1v) is 5.92. The SMILES string of the molecule is CNc1cc(C)ncc1C(=O)NC(C)c1ncn[nH]1. The van der Waals surface area contributed by atoms with Gasteiger partial charge in [0.15, 0.2) is 0 Å². The lowest BCUT2D eigenvalue weighted by molar-refractivity contribution is 0.0939. The number of nitrogens with zero attached hydrogens (tertiary/aromatic N) is 3. The summed E-state index contributed by atoms with van der Waals surface area (Å²) < 4.78 is 0. The molecule has 3 N–H and O–H groups in total. The summed E-state index contributed by atoms with van der Waals surface area (Å²) in [5, 5.41) is 12.3. The minimum Gasteiger partial charge on any atom is -0.387 e. The maximum absolute atomic E-state index is 12.2. The number of aromatic amines is 1. The summed E-state index contributed by atoms with van der Waals surface area (Å²) in [5.74, 6) is 0.403. The molecule has 0 radical (unpaired) electrons. The molecule has 0 bridgehead atoms. The molecule has 2 rings (SSSR count). The van der Waals surface area contributed by atoms with Crippen molar-refractivity contribution >= 4 is 11.6 Å². The van der Waals surface area contributed by atoms with Crippen LogP contribution in [-0.4, -0.2) is 33.1 Å².